The molecule has 150 valence electrons. The van der Waals surface area contributed by atoms with E-state index in [0.717, 1.165) is 47.7 Å². The minimum Gasteiger partial charge on any atom is -0.494 e. The van der Waals surface area contributed by atoms with Gasteiger partial charge in [0.05, 0.1) is 17.8 Å². The Bertz CT molecular complexity index is 744. The minimum absolute atomic E-state index is 0. The van der Waals surface area contributed by atoms with Crippen molar-refractivity contribution < 1.29 is 9.53 Å². The number of nitrogens with one attached hydrogen (secondary N) is 1. The Kier molecular flexibility index (Phi) is 9.02. The maximum atomic E-state index is 12.8. The van der Waals surface area contributed by atoms with Crippen LogP contribution in [0.25, 0.3) is 10.6 Å². The first-order valence-corrected chi connectivity index (χ1v) is 9.62. The maximum absolute atomic E-state index is 12.8. The zero-order valence-corrected chi connectivity index (χ0v) is 18.1. The van der Waals surface area contributed by atoms with Gasteiger partial charge in [-0.25, -0.2) is 4.98 Å². The largest absolute Gasteiger partial charge is 0.494 e. The van der Waals surface area contributed by atoms with Crippen LogP contribution in [0.4, 0.5) is 0 Å². The molecule has 0 saturated heterocycles. The van der Waals surface area contributed by atoms with Crippen molar-refractivity contribution in [1.29, 1.82) is 0 Å². The van der Waals surface area contributed by atoms with Crippen molar-refractivity contribution in [2.24, 2.45) is 5.73 Å². The molecule has 1 aliphatic carbocycles. The van der Waals surface area contributed by atoms with Crippen molar-refractivity contribution in [1.82, 2.24) is 10.3 Å². The molecule has 5 nitrogen and oxygen atoms in total. The summed E-state index contributed by atoms with van der Waals surface area (Å²) in [5.74, 6) is 0.781. The van der Waals surface area contributed by atoms with Crippen LogP contribution in [0.5, 0.6) is 5.75 Å². The molecule has 0 spiro atoms. The first kappa shape index (κ1) is 23.7. The van der Waals surface area contributed by atoms with E-state index in [0.29, 0.717) is 18.0 Å². The minimum atomic E-state index is -0.243. The van der Waals surface area contributed by atoms with Gasteiger partial charge in [0.15, 0.2) is 0 Å². The van der Waals surface area contributed by atoms with E-state index >= 15 is 0 Å². The highest BCUT2D eigenvalue weighted by atomic mass is 35.5. The van der Waals surface area contributed by atoms with Gasteiger partial charge in [-0.05, 0) is 51.0 Å². The summed E-state index contributed by atoms with van der Waals surface area (Å²) in [7, 11) is 0. The number of carbonyl (C=O) groups excluding carboxylic acids is 1. The van der Waals surface area contributed by atoms with Crippen LogP contribution < -0.4 is 15.8 Å². The SMILES string of the molecule is CCOc1ccc(-c2nc(C)c(C(=O)NC3(CN)CCCC3)s2)cc1.Cl.Cl. The Labute approximate surface area is 176 Å². The third kappa shape index (κ3) is 5.35. The fourth-order valence-electron chi connectivity index (χ4n) is 3.32. The summed E-state index contributed by atoms with van der Waals surface area (Å²) >= 11 is 1.43. The van der Waals surface area contributed by atoms with Crippen molar-refractivity contribution in [2.45, 2.75) is 45.1 Å². The van der Waals surface area contributed by atoms with Gasteiger partial charge >= 0.3 is 0 Å². The molecule has 1 aromatic heterocycles. The molecule has 0 bridgehead atoms. The number of thiazole rings is 1. The second-order valence-corrected chi connectivity index (χ2v) is 7.54. The maximum Gasteiger partial charge on any atom is 0.263 e. The lowest BCUT2D eigenvalue weighted by Gasteiger charge is -2.28. The molecule has 1 aliphatic rings. The summed E-state index contributed by atoms with van der Waals surface area (Å²) in [6, 6.07) is 7.81. The van der Waals surface area contributed by atoms with Gasteiger partial charge in [-0.1, -0.05) is 12.8 Å². The molecule has 2 aromatic rings. The van der Waals surface area contributed by atoms with Crippen LogP contribution in [0, 0.1) is 6.92 Å². The number of rotatable bonds is 6. The van der Waals surface area contributed by atoms with Crippen molar-refractivity contribution >= 4 is 42.1 Å². The van der Waals surface area contributed by atoms with E-state index in [9.17, 15) is 4.79 Å². The molecule has 3 rings (SSSR count). The van der Waals surface area contributed by atoms with Gasteiger partial charge in [0, 0.05) is 12.1 Å². The van der Waals surface area contributed by atoms with Crippen molar-refractivity contribution in [2.75, 3.05) is 13.2 Å². The topological polar surface area (TPSA) is 77.2 Å². The van der Waals surface area contributed by atoms with Gasteiger partial charge < -0.3 is 15.8 Å². The van der Waals surface area contributed by atoms with Gasteiger partial charge in [0.2, 0.25) is 0 Å². The van der Waals surface area contributed by atoms with Crippen LogP contribution in [0.2, 0.25) is 0 Å². The van der Waals surface area contributed by atoms with E-state index in [4.69, 9.17) is 10.5 Å². The summed E-state index contributed by atoms with van der Waals surface area (Å²) in [5, 5.41) is 4.02. The molecule has 0 aliphatic heterocycles. The van der Waals surface area contributed by atoms with Gasteiger partial charge in [0.1, 0.15) is 15.6 Å². The third-order valence-electron chi connectivity index (χ3n) is 4.75. The number of halogens is 2. The molecule has 1 fully saturated rings. The number of hydrogen-bond acceptors (Lipinski definition) is 5. The van der Waals surface area contributed by atoms with E-state index in [2.05, 4.69) is 10.3 Å². The van der Waals surface area contributed by atoms with Gasteiger partial charge in [-0.15, -0.1) is 36.2 Å². The van der Waals surface area contributed by atoms with Crippen LogP contribution in [-0.4, -0.2) is 29.6 Å². The number of amides is 1. The van der Waals surface area contributed by atoms with E-state index < -0.39 is 0 Å². The Morgan fingerprint density at radius 1 is 1.26 bits per heavy atom. The lowest BCUT2D eigenvalue weighted by molar-refractivity contribution is 0.0906. The predicted octanol–water partition coefficient (Wildman–Crippen LogP) is 4.36. The van der Waals surface area contributed by atoms with Gasteiger partial charge in [0.25, 0.3) is 5.91 Å². The highest BCUT2D eigenvalue weighted by Gasteiger charge is 2.34. The number of nitrogens with zero attached hydrogens (tertiary/aromatic N) is 1. The summed E-state index contributed by atoms with van der Waals surface area (Å²) in [5.41, 5.74) is 7.44. The standard InChI is InChI=1S/C19H25N3O2S.2ClH/c1-3-24-15-8-6-14(7-9-15)18-21-13(2)16(25-18)17(23)22-19(12-20)10-4-5-11-19;;/h6-9H,3-5,10-12,20H2,1-2H3,(H,22,23);2*1H. The smallest absolute Gasteiger partial charge is 0.263 e. The number of carbonyl (C=O) groups is 1. The van der Waals surface area contributed by atoms with E-state index in [1.54, 1.807) is 0 Å². The lowest BCUT2D eigenvalue weighted by Crippen LogP contribution is -2.51. The monoisotopic (exact) mass is 431 g/mol. The van der Waals surface area contributed by atoms with Crippen molar-refractivity contribution in [3.05, 3.63) is 34.8 Å². The second kappa shape index (κ2) is 10.3. The summed E-state index contributed by atoms with van der Waals surface area (Å²) in [6.45, 7) is 4.97. The Morgan fingerprint density at radius 3 is 2.44 bits per heavy atom. The quantitative estimate of drug-likeness (QED) is 0.711. The summed E-state index contributed by atoms with van der Waals surface area (Å²) in [4.78, 5) is 18.0. The molecule has 3 N–H and O–H groups in total. The van der Waals surface area contributed by atoms with Crippen LogP contribution in [-0.2, 0) is 0 Å². The molecular formula is C19H27Cl2N3O2S. The predicted molar refractivity (Wildman–Crippen MR) is 116 cm³/mol. The van der Waals surface area contributed by atoms with E-state index in [1.807, 2.05) is 38.1 Å². The van der Waals surface area contributed by atoms with Crippen LogP contribution in [0.15, 0.2) is 24.3 Å². The molecule has 0 radical (unpaired) electrons. The molecule has 0 unspecified atom stereocenters. The van der Waals surface area contributed by atoms with Gasteiger partial charge in [-0.2, -0.15) is 0 Å². The molecule has 0 atom stereocenters. The highest BCUT2D eigenvalue weighted by molar-refractivity contribution is 7.17. The number of ether oxygens (including phenoxy) is 1. The fourth-order valence-corrected chi connectivity index (χ4v) is 4.29. The Balaban J connectivity index is 0.00000182. The molecule has 1 aromatic carbocycles. The highest BCUT2D eigenvalue weighted by Crippen LogP contribution is 2.32. The lowest BCUT2D eigenvalue weighted by atomic mass is 9.98. The average Bonchev–Trinajstić information content (AvgIpc) is 3.23. The van der Waals surface area contributed by atoms with Crippen molar-refractivity contribution in [3.63, 3.8) is 0 Å². The zero-order chi connectivity index (χ0) is 17.9. The van der Waals surface area contributed by atoms with Crippen LogP contribution >= 0.6 is 36.2 Å². The number of hydrogen-bond donors (Lipinski definition) is 2. The second-order valence-electron chi connectivity index (χ2n) is 6.54. The van der Waals surface area contributed by atoms with Crippen LogP contribution in [0.3, 0.4) is 0 Å². The van der Waals surface area contributed by atoms with E-state index in [1.165, 1.54) is 11.3 Å². The van der Waals surface area contributed by atoms with Gasteiger partial charge in [-0.3, -0.25) is 4.79 Å². The summed E-state index contributed by atoms with van der Waals surface area (Å²) < 4.78 is 5.47. The molecule has 27 heavy (non-hydrogen) atoms. The Hall–Kier alpha value is -1.34. The Morgan fingerprint density at radius 2 is 1.89 bits per heavy atom. The molecule has 8 heteroatoms. The van der Waals surface area contributed by atoms with Crippen molar-refractivity contribution in [3.8, 4) is 16.3 Å². The fraction of sp³-hybridized carbons (Fsp3) is 0.474. The summed E-state index contributed by atoms with van der Waals surface area (Å²) in [6.07, 6.45) is 4.16. The zero-order valence-electron chi connectivity index (χ0n) is 15.6. The molecular weight excluding hydrogens is 405 g/mol. The average molecular weight is 432 g/mol. The normalized spacial score (nSPS) is 14.8. The number of nitrogens with two attached hydrogens (primary N) is 1. The van der Waals surface area contributed by atoms with Crippen LogP contribution in [0.1, 0.15) is 48.0 Å². The third-order valence-corrected chi connectivity index (χ3v) is 5.95. The van der Waals surface area contributed by atoms with E-state index in [-0.39, 0.29) is 36.3 Å². The first-order valence-electron chi connectivity index (χ1n) is 8.80. The molecule has 1 amide bonds. The number of aryl methyl sites for hydroxylation is 1. The molecule has 1 saturated carbocycles. The number of benzene rings is 1. The molecule has 1 heterocycles. The first-order chi connectivity index (χ1) is 12.1. The number of aromatic nitrogens is 1.